The Bertz CT molecular complexity index is 925. The van der Waals surface area contributed by atoms with Gasteiger partial charge < -0.3 is 5.11 Å². The summed E-state index contributed by atoms with van der Waals surface area (Å²) in [5, 5.41) is 11.9. The molecule has 0 radical (unpaired) electrons. The van der Waals surface area contributed by atoms with E-state index in [-0.39, 0.29) is 17.5 Å². The molecule has 0 bridgehead atoms. The predicted octanol–water partition coefficient (Wildman–Crippen LogP) is 4.66. The molecule has 1 saturated heterocycles. The summed E-state index contributed by atoms with van der Waals surface area (Å²) in [6, 6.07) is 25.4. The first-order valence-corrected chi connectivity index (χ1v) is 10.4. The molecule has 0 spiro atoms. The fourth-order valence-electron chi connectivity index (χ4n) is 4.46. The number of carbonyl (C=O) groups excluding carboxylic acids is 1. The fraction of sp³-hybridized carbons (Fsp3) is 0.269. The second-order valence-corrected chi connectivity index (χ2v) is 7.98. The highest BCUT2D eigenvalue weighted by Crippen LogP contribution is 2.41. The lowest BCUT2D eigenvalue weighted by atomic mass is 9.72. The number of aliphatic hydroxyl groups is 1. The normalized spacial score (nSPS) is 15.8. The number of rotatable bonds is 6. The molecule has 1 aliphatic heterocycles. The highest BCUT2D eigenvalue weighted by Gasteiger charge is 2.41. The van der Waals surface area contributed by atoms with E-state index < -0.39 is 5.60 Å². The average molecular weight is 403 g/mol. The minimum Gasteiger partial charge on any atom is -0.380 e. The van der Waals surface area contributed by atoms with E-state index in [1.54, 1.807) is 0 Å². The number of ketones is 1. The molecular formula is C26H26FNO2. The van der Waals surface area contributed by atoms with Crippen molar-refractivity contribution < 1.29 is 14.3 Å². The SMILES string of the molecule is O=C(CN1CCC(C(O)(c2ccccc2)c2ccccc2)CC1)c1ccc(F)cc1. The summed E-state index contributed by atoms with van der Waals surface area (Å²) >= 11 is 0. The molecule has 1 fully saturated rings. The molecule has 3 aromatic rings. The molecule has 0 amide bonds. The second kappa shape index (κ2) is 8.90. The summed E-state index contributed by atoms with van der Waals surface area (Å²) in [4.78, 5) is 14.7. The van der Waals surface area contributed by atoms with Gasteiger partial charge in [-0.05, 0) is 67.2 Å². The van der Waals surface area contributed by atoms with Crippen LogP contribution in [0.4, 0.5) is 4.39 Å². The first-order chi connectivity index (χ1) is 14.6. The fourth-order valence-corrected chi connectivity index (χ4v) is 4.46. The van der Waals surface area contributed by atoms with Crippen LogP contribution in [0.2, 0.25) is 0 Å². The zero-order valence-electron chi connectivity index (χ0n) is 16.9. The maximum atomic E-state index is 13.1. The van der Waals surface area contributed by atoms with E-state index in [1.807, 2.05) is 60.7 Å². The highest BCUT2D eigenvalue weighted by molar-refractivity contribution is 5.97. The summed E-state index contributed by atoms with van der Waals surface area (Å²) in [5.41, 5.74) is 1.27. The third-order valence-corrected chi connectivity index (χ3v) is 6.14. The van der Waals surface area contributed by atoms with E-state index in [1.165, 1.54) is 24.3 Å². The van der Waals surface area contributed by atoms with E-state index in [2.05, 4.69) is 4.90 Å². The maximum absolute atomic E-state index is 13.1. The van der Waals surface area contributed by atoms with Crippen LogP contribution in [0.5, 0.6) is 0 Å². The lowest BCUT2D eigenvalue weighted by molar-refractivity contribution is -0.0133. The molecule has 0 atom stereocenters. The van der Waals surface area contributed by atoms with Crippen LogP contribution in [0.1, 0.15) is 34.3 Å². The van der Waals surface area contributed by atoms with Crippen molar-refractivity contribution in [1.29, 1.82) is 0 Å². The third kappa shape index (κ3) is 4.20. The number of hydrogen-bond donors (Lipinski definition) is 1. The van der Waals surface area contributed by atoms with Crippen molar-refractivity contribution in [1.82, 2.24) is 4.90 Å². The Morgan fingerprint density at radius 2 is 1.37 bits per heavy atom. The van der Waals surface area contributed by atoms with Crippen LogP contribution in [0.25, 0.3) is 0 Å². The Labute approximate surface area is 176 Å². The molecule has 4 rings (SSSR count). The topological polar surface area (TPSA) is 40.5 Å². The zero-order chi connectivity index (χ0) is 21.0. The lowest BCUT2D eigenvalue weighted by Crippen LogP contribution is -2.45. The van der Waals surface area contributed by atoms with Gasteiger partial charge in [-0.25, -0.2) is 4.39 Å². The van der Waals surface area contributed by atoms with Crippen LogP contribution in [-0.2, 0) is 5.60 Å². The minimum atomic E-state index is -1.06. The molecule has 1 N–H and O–H groups in total. The maximum Gasteiger partial charge on any atom is 0.176 e. The largest absolute Gasteiger partial charge is 0.380 e. The van der Waals surface area contributed by atoms with Gasteiger partial charge in [0.1, 0.15) is 11.4 Å². The van der Waals surface area contributed by atoms with E-state index in [9.17, 15) is 14.3 Å². The number of Topliss-reactive ketones (excluding diaryl/α,β-unsaturated/α-hetero) is 1. The zero-order valence-corrected chi connectivity index (χ0v) is 16.9. The third-order valence-electron chi connectivity index (χ3n) is 6.14. The van der Waals surface area contributed by atoms with Gasteiger partial charge in [-0.3, -0.25) is 9.69 Å². The van der Waals surface area contributed by atoms with Crippen molar-refractivity contribution in [3.63, 3.8) is 0 Å². The number of hydrogen-bond acceptors (Lipinski definition) is 3. The van der Waals surface area contributed by atoms with E-state index in [0.717, 1.165) is 37.1 Å². The molecule has 4 heteroatoms. The Balaban J connectivity index is 1.48. The van der Waals surface area contributed by atoms with Crippen molar-refractivity contribution in [2.45, 2.75) is 18.4 Å². The lowest BCUT2D eigenvalue weighted by Gasteiger charge is -2.42. The summed E-state index contributed by atoms with van der Waals surface area (Å²) in [7, 11) is 0. The first-order valence-electron chi connectivity index (χ1n) is 10.4. The van der Waals surface area contributed by atoms with Crippen LogP contribution in [0.3, 0.4) is 0 Å². The molecule has 0 aromatic heterocycles. The van der Waals surface area contributed by atoms with E-state index in [4.69, 9.17) is 0 Å². The Hall–Kier alpha value is -2.82. The van der Waals surface area contributed by atoms with Gasteiger partial charge in [0.2, 0.25) is 0 Å². The number of piperidine rings is 1. The molecular weight excluding hydrogens is 377 g/mol. The molecule has 1 aliphatic rings. The van der Waals surface area contributed by atoms with Crippen molar-refractivity contribution >= 4 is 5.78 Å². The standard InChI is InChI=1S/C26H26FNO2/c27-24-13-11-20(12-14-24)25(29)19-28-17-15-23(16-18-28)26(30,21-7-3-1-4-8-21)22-9-5-2-6-10-22/h1-14,23,30H,15-19H2. The van der Waals surface area contributed by atoms with Crippen LogP contribution in [0, 0.1) is 11.7 Å². The second-order valence-electron chi connectivity index (χ2n) is 7.98. The van der Waals surface area contributed by atoms with Crippen molar-refractivity contribution in [3.8, 4) is 0 Å². The molecule has 30 heavy (non-hydrogen) atoms. The van der Waals surface area contributed by atoms with Gasteiger partial charge in [-0.2, -0.15) is 0 Å². The van der Waals surface area contributed by atoms with Crippen LogP contribution >= 0.6 is 0 Å². The van der Waals surface area contributed by atoms with Crippen LogP contribution in [-0.4, -0.2) is 35.4 Å². The van der Waals surface area contributed by atoms with Gasteiger partial charge in [-0.15, -0.1) is 0 Å². The van der Waals surface area contributed by atoms with Crippen LogP contribution in [0.15, 0.2) is 84.9 Å². The number of nitrogens with zero attached hydrogens (tertiary/aromatic N) is 1. The molecule has 154 valence electrons. The molecule has 0 unspecified atom stereocenters. The molecule has 0 saturated carbocycles. The molecule has 1 heterocycles. The van der Waals surface area contributed by atoms with Gasteiger partial charge in [-0.1, -0.05) is 60.7 Å². The summed E-state index contributed by atoms with van der Waals surface area (Å²) in [6.07, 6.45) is 1.58. The molecule has 0 aliphatic carbocycles. The Morgan fingerprint density at radius 3 is 1.87 bits per heavy atom. The van der Waals surface area contributed by atoms with E-state index in [0.29, 0.717) is 12.1 Å². The quantitative estimate of drug-likeness (QED) is 0.609. The van der Waals surface area contributed by atoms with Gasteiger partial charge in [0, 0.05) is 5.56 Å². The summed E-state index contributed by atoms with van der Waals surface area (Å²) in [6.45, 7) is 1.78. The highest BCUT2D eigenvalue weighted by atomic mass is 19.1. The van der Waals surface area contributed by atoms with Crippen LogP contribution < -0.4 is 0 Å². The summed E-state index contributed by atoms with van der Waals surface area (Å²) < 4.78 is 13.1. The molecule has 3 aromatic carbocycles. The van der Waals surface area contributed by atoms with Gasteiger partial charge in [0.15, 0.2) is 5.78 Å². The number of carbonyl (C=O) groups is 1. The smallest absolute Gasteiger partial charge is 0.176 e. The Morgan fingerprint density at radius 1 is 0.867 bits per heavy atom. The van der Waals surface area contributed by atoms with Gasteiger partial charge in [0.25, 0.3) is 0 Å². The number of halogens is 1. The predicted molar refractivity (Wildman–Crippen MR) is 116 cm³/mol. The van der Waals surface area contributed by atoms with Crippen molar-refractivity contribution in [2.75, 3.05) is 19.6 Å². The van der Waals surface area contributed by atoms with Crippen molar-refractivity contribution in [3.05, 3.63) is 107 Å². The minimum absolute atomic E-state index is 0.00479. The first kappa shape index (κ1) is 20.5. The summed E-state index contributed by atoms with van der Waals surface area (Å²) in [5.74, 6) is -0.289. The molecule has 3 nitrogen and oxygen atoms in total. The monoisotopic (exact) mass is 403 g/mol. The van der Waals surface area contributed by atoms with Crippen molar-refractivity contribution in [2.24, 2.45) is 5.92 Å². The van der Waals surface area contributed by atoms with Gasteiger partial charge >= 0.3 is 0 Å². The Kier molecular flexibility index (Phi) is 6.07. The van der Waals surface area contributed by atoms with E-state index >= 15 is 0 Å². The number of benzene rings is 3. The average Bonchev–Trinajstić information content (AvgIpc) is 2.80. The van der Waals surface area contributed by atoms with Gasteiger partial charge in [0.05, 0.1) is 6.54 Å². The number of likely N-dealkylation sites (tertiary alicyclic amines) is 1.